The molecule has 0 N–H and O–H groups in total. The van der Waals surface area contributed by atoms with Crippen molar-refractivity contribution >= 4 is 23.5 Å². The van der Waals surface area contributed by atoms with Crippen LogP contribution in [0.4, 0.5) is 5.69 Å². The molecule has 3 aromatic carbocycles. The molecular formula is C27H25NO7. The normalized spacial score (nSPS) is 12.2. The Hall–Kier alpha value is -4.33. The number of methoxy groups -OCH3 is 1. The lowest BCUT2D eigenvalue weighted by Crippen LogP contribution is -2.23. The minimum absolute atomic E-state index is 0.134. The molecule has 4 rings (SSSR count). The molecule has 0 saturated heterocycles. The Kier molecular flexibility index (Phi) is 7.30. The van der Waals surface area contributed by atoms with Gasteiger partial charge >= 0.3 is 11.9 Å². The summed E-state index contributed by atoms with van der Waals surface area (Å²) in [7, 11) is 1.32. The Balaban J connectivity index is 1.44. The summed E-state index contributed by atoms with van der Waals surface area (Å²) in [6.45, 7) is 2.49. The highest BCUT2D eigenvalue weighted by Crippen LogP contribution is 2.34. The molecule has 0 aliphatic carbocycles. The van der Waals surface area contributed by atoms with Crippen molar-refractivity contribution in [2.45, 2.75) is 20.1 Å². The average Bonchev–Trinajstić information content (AvgIpc) is 3.23. The minimum Gasteiger partial charge on any atom is -0.489 e. The van der Waals surface area contributed by atoms with E-state index in [9.17, 15) is 14.4 Å². The van der Waals surface area contributed by atoms with E-state index in [0.717, 1.165) is 11.1 Å². The number of hydrogen-bond donors (Lipinski definition) is 0. The number of fused-ring (bicyclic) bond motifs is 1. The fraction of sp³-hybridized carbons (Fsp3) is 0.222. The van der Waals surface area contributed by atoms with Gasteiger partial charge in [-0.25, -0.2) is 9.59 Å². The Morgan fingerprint density at radius 2 is 1.74 bits per heavy atom. The van der Waals surface area contributed by atoms with Gasteiger partial charge in [-0.15, -0.1) is 0 Å². The molecular weight excluding hydrogens is 450 g/mol. The quantitative estimate of drug-likeness (QED) is 0.429. The van der Waals surface area contributed by atoms with Crippen LogP contribution in [0.3, 0.4) is 0 Å². The second-order valence-corrected chi connectivity index (χ2v) is 7.74. The lowest BCUT2D eigenvalue weighted by atomic mass is 10.1. The molecule has 180 valence electrons. The highest BCUT2D eigenvalue weighted by Gasteiger charge is 2.31. The van der Waals surface area contributed by atoms with Gasteiger partial charge in [0.2, 0.25) is 0 Å². The predicted octanol–water partition coefficient (Wildman–Crippen LogP) is 4.15. The second kappa shape index (κ2) is 10.7. The van der Waals surface area contributed by atoms with E-state index in [1.165, 1.54) is 7.11 Å². The van der Waals surface area contributed by atoms with Crippen LogP contribution in [0, 0.1) is 0 Å². The van der Waals surface area contributed by atoms with Gasteiger partial charge in [0.15, 0.2) is 6.61 Å². The zero-order valence-electron chi connectivity index (χ0n) is 19.5. The number of nitrogens with zero attached hydrogens (tertiary/aromatic N) is 1. The molecule has 8 nitrogen and oxygen atoms in total. The van der Waals surface area contributed by atoms with Gasteiger partial charge < -0.3 is 23.8 Å². The SMILES string of the molecule is CCOC(=O)COc1cccc(COc2cccc3c2CN(c2ccc(C(=O)OC)cc2)C3=O)c1. The van der Waals surface area contributed by atoms with E-state index < -0.39 is 11.9 Å². The summed E-state index contributed by atoms with van der Waals surface area (Å²) in [5.41, 5.74) is 3.31. The first-order chi connectivity index (χ1) is 17.0. The molecule has 1 aliphatic heterocycles. The number of rotatable bonds is 9. The number of carbonyl (C=O) groups is 3. The third kappa shape index (κ3) is 5.43. The number of anilines is 1. The number of esters is 2. The summed E-state index contributed by atoms with van der Waals surface area (Å²) < 4.78 is 21.1. The van der Waals surface area contributed by atoms with Crippen LogP contribution in [0.15, 0.2) is 66.7 Å². The van der Waals surface area contributed by atoms with Crippen molar-refractivity contribution in [3.63, 3.8) is 0 Å². The standard InChI is InChI=1S/C27H25NO7/c1-3-33-25(29)17-34-21-7-4-6-18(14-21)16-35-24-9-5-8-22-23(24)15-28(26(22)30)20-12-10-19(11-13-20)27(31)32-2/h4-14H,3,15-17H2,1-2H3. The van der Waals surface area contributed by atoms with E-state index in [1.807, 2.05) is 18.2 Å². The summed E-state index contributed by atoms with van der Waals surface area (Å²) >= 11 is 0. The van der Waals surface area contributed by atoms with Crippen molar-refractivity contribution in [3.8, 4) is 11.5 Å². The van der Waals surface area contributed by atoms with Crippen LogP contribution in [-0.2, 0) is 27.4 Å². The number of ether oxygens (including phenoxy) is 4. The van der Waals surface area contributed by atoms with Gasteiger partial charge in [0, 0.05) is 16.8 Å². The summed E-state index contributed by atoms with van der Waals surface area (Å²) in [4.78, 5) is 37.9. The summed E-state index contributed by atoms with van der Waals surface area (Å²) in [5, 5.41) is 0. The topological polar surface area (TPSA) is 91.4 Å². The maximum absolute atomic E-state index is 13.0. The van der Waals surface area contributed by atoms with Gasteiger partial charge in [-0.1, -0.05) is 18.2 Å². The Labute approximate surface area is 203 Å². The minimum atomic E-state index is -0.432. The van der Waals surface area contributed by atoms with E-state index in [-0.39, 0.29) is 19.1 Å². The van der Waals surface area contributed by atoms with Crippen molar-refractivity contribution in [1.82, 2.24) is 0 Å². The Morgan fingerprint density at radius 3 is 2.49 bits per heavy atom. The van der Waals surface area contributed by atoms with Crippen LogP contribution >= 0.6 is 0 Å². The monoisotopic (exact) mass is 475 g/mol. The van der Waals surface area contributed by atoms with Crippen LogP contribution in [-0.4, -0.2) is 38.2 Å². The predicted molar refractivity (Wildman–Crippen MR) is 128 cm³/mol. The highest BCUT2D eigenvalue weighted by molar-refractivity contribution is 6.10. The van der Waals surface area contributed by atoms with E-state index in [2.05, 4.69) is 0 Å². The van der Waals surface area contributed by atoms with Crippen LogP contribution < -0.4 is 14.4 Å². The zero-order chi connectivity index (χ0) is 24.8. The van der Waals surface area contributed by atoms with Crippen LogP contribution in [0.25, 0.3) is 0 Å². The fourth-order valence-electron chi connectivity index (χ4n) is 3.77. The molecule has 0 aromatic heterocycles. The van der Waals surface area contributed by atoms with E-state index in [4.69, 9.17) is 18.9 Å². The summed E-state index contributed by atoms with van der Waals surface area (Å²) in [5.74, 6) is 0.156. The van der Waals surface area contributed by atoms with Gasteiger partial charge in [0.25, 0.3) is 5.91 Å². The zero-order valence-corrected chi connectivity index (χ0v) is 19.5. The van der Waals surface area contributed by atoms with E-state index >= 15 is 0 Å². The lowest BCUT2D eigenvalue weighted by Gasteiger charge is -2.16. The van der Waals surface area contributed by atoms with Crippen LogP contribution in [0.2, 0.25) is 0 Å². The van der Waals surface area contributed by atoms with Crippen molar-refractivity contribution in [2.24, 2.45) is 0 Å². The molecule has 3 aromatic rings. The molecule has 0 atom stereocenters. The third-order valence-corrected chi connectivity index (χ3v) is 5.48. The smallest absolute Gasteiger partial charge is 0.344 e. The summed E-state index contributed by atoms with van der Waals surface area (Å²) in [6.07, 6.45) is 0. The molecule has 1 amide bonds. The molecule has 0 spiro atoms. The largest absolute Gasteiger partial charge is 0.489 e. The maximum Gasteiger partial charge on any atom is 0.344 e. The highest BCUT2D eigenvalue weighted by atomic mass is 16.6. The molecule has 35 heavy (non-hydrogen) atoms. The van der Waals surface area contributed by atoms with Gasteiger partial charge in [0.1, 0.15) is 18.1 Å². The third-order valence-electron chi connectivity index (χ3n) is 5.48. The van der Waals surface area contributed by atoms with Crippen molar-refractivity contribution in [3.05, 3.63) is 89.0 Å². The molecule has 0 bridgehead atoms. The maximum atomic E-state index is 13.0. The van der Waals surface area contributed by atoms with E-state index in [0.29, 0.717) is 41.5 Å². The molecule has 0 saturated carbocycles. The molecule has 0 unspecified atom stereocenters. The fourth-order valence-corrected chi connectivity index (χ4v) is 3.77. The second-order valence-electron chi connectivity index (χ2n) is 7.74. The van der Waals surface area contributed by atoms with E-state index in [1.54, 1.807) is 60.4 Å². The lowest BCUT2D eigenvalue weighted by molar-refractivity contribution is -0.145. The molecule has 0 radical (unpaired) electrons. The van der Waals surface area contributed by atoms with Crippen LogP contribution in [0.5, 0.6) is 11.5 Å². The summed E-state index contributed by atoms with van der Waals surface area (Å²) in [6, 6.07) is 19.4. The first kappa shape index (κ1) is 23.8. The Morgan fingerprint density at radius 1 is 0.971 bits per heavy atom. The van der Waals surface area contributed by atoms with Crippen molar-refractivity contribution in [1.29, 1.82) is 0 Å². The molecule has 0 fully saturated rings. The number of hydrogen-bond acceptors (Lipinski definition) is 7. The van der Waals surface area contributed by atoms with Crippen molar-refractivity contribution < 1.29 is 33.3 Å². The van der Waals surface area contributed by atoms with Crippen LogP contribution in [0.1, 0.15) is 38.8 Å². The van der Waals surface area contributed by atoms with Gasteiger partial charge in [-0.2, -0.15) is 0 Å². The number of benzene rings is 3. The molecule has 1 aliphatic rings. The van der Waals surface area contributed by atoms with Gasteiger partial charge in [-0.05, 0) is 61.0 Å². The number of carbonyl (C=O) groups excluding carboxylic acids is 3. The first-order valence-electron chi connectivity index (χ1n) is 11.1. The number of amides is 1. The average molecular weight is 475 g/mol. The molecule has 8 heteroatoms. The van der Waals surface area contributed by atoms with Gasteiger partial charge in [-0.3, -0.25) is 4.79 Å². The van der Waals surface area contributed by atoms with Crippen molar-refractivity contribution in [2.75, 3.05) is 25.2 Å². The first-order valence-corrected chi connectivity index (χ1v) is 11.1. The van der Waals surface area contributed by atoms with Gasteiger partial charge in [0.05, 0.1) is 25.8 Å². The molecule has 1 heterocycles. The Bertz CT molecular complexity index is 1240.